The molecule has 0 fully saturated rings. The Bertz CT molecular complexity index is 6330. The number of hydrogen-bond donors (Lipinski definition) is 0. The van der Waals surface area contributed by atoms with E-state index in [1.54, 1.807) is 0 Å². The number of benzene rings is 14. The lowest BCUT2D eigenvalue weighted by Gasteiger charge is -2.43. The lowest BCUT2D eigenvalue weighted by atomic mass is 9.59. The van der Waals surface area contributed by atoms with Gasteiger partial charge in [-0.25, -0.2) is 0 Å². The number of fused-ring (bicyclic) bond motifs is 12. The van der Waals surface area contributed by atoms with Crippen molar-refractivity contribution in [2.75, 3.05) is 0 Å². The van der Waals surface area contributed by atoms with E-state index in [0.717, 1.165) is 110 Å². The van der Waals surface area contributed by atoms with Gasteiger partial charge in [0.1, 0.15) is 0 Å². The molecule has 4 heterocycles. The maximum atomic E-state index is 11.8. The first-order valence-electron chi connectivity index (χ1n) is 35.7. The van der Waals surface area contributed by atoms with Crippen LogP contribution >= 0.6 is 0 Å². The highest BCUT2D eigenvalue weighted by Crippen LogP contribution is 2.66. The standard InChI is InChI=1S/C96H48N6/c97-41-47-37-71-87(91-75(47)79-51-17-1-9-25-59(51)83(91)60-26-10-2-18-52(60)79)67-33-45(34-68-88-72(101(71)95(67)68)38-48(42-98)76-80-53-19-3-11-27-61(53)84(92(76)88)62-28-12-4-20-54(62)80)46-35-69-89-73(39-49(43-99)77-81-55-21-5-13-29-63(55)85(93(77)89)64-30-14-6-22-56(64)81)102-74-40-50(44-100)78-82-57-23-7-15-31-65(57)86(66-32-16-8-24-58(66)82)94(78)90(74)70(36-46)96(69)102/h1-40,79-86H. The van der Waals surface area contributed by atoms with E-state index in [9.17, 15) is 21.0 Å². The predicted octanol–water partition coefficient (Wildman–Crippen LogP) is 21.1. The van der Waals surface area contributed by atoms with Gasteiger partial charge >= 0.3 is 0 Å². The second-order valence-corrected chi connectivity index (χ2v) is 30.0. The molecule has 0 spiro atoms. The molecule has 12 aliphatic rings. The fraction of sp³-hybridized carbons (Fsp3) is 0.0833. The molecule has 0 saturated heterocycles. The number of nitrogens with zero attached hydrogens (tertiary/aromatic N) is 6. The fourth-order valence-electron chi connectivity index (χ4n) is 23.2. The Balaban J connectivity index is 0.862. The zero-order valence-corrected chi connectivity index (χ0v) is 54.4. The summed E-state index contributed by atoms with van der Waals surface area (Å²) < 4.78 is 4.92. The molecular weight excluding hydrogens is 1240 g/mol. The van der Waals surface area contributed by atoms with Crippen molar-refractivity contribution in [2.45, 2.75) is 47.3 Å². The molecule has 12 aliphatic carbocycles. The fourth-order valence-corrected chi connectivity index (χ4v) is 23.2. The first-order valence-corrected chi connectivity index (χ1v) is 35.7. The van der Waals surface area contributed by atoms with E-state index in [2.05, 4.69) is 276 Å². The normalized spacial score (nSPS) is 19.9. The van der Waals surface area contributed by atoms with Crippen molar-refractivity contribution in [2.24, 2.45) is 0 Å². The number of nitriles is 4. The summed E-state index contributed by atoms with van der Waals surface area (Å²) in [5.41, 5.74) is 40.3. The average molecular weight is 1290 g/mol. The topological polar surface area (TPSA) is 104 Å². The molecule has 18 aromatic rings. The predicted molar refractivity (Wildman–Crippen MR) is 399 cm³/mol. The molecule has 0 amide bonds. The van der Waals surface area contributed by atoms with Gasteiger partial charge in [-0.15, -0.1) is 0 Å². The molecule has 6 heteroatoms. The van der Waals surface area contributed by atoms with E-state index in [0.29, 0.717) is 22.3 Å². The van der Waals surface area contributed by atoms with Crippen LogP contribution in [0.1, 0.15) is 203 Å². The zero-order chi connectivity index (χ0) is 66.3. The Kier molecular flexibility index (Phi) is 9.16. The molecule has 102 heavy (non-hydrogen) atoms. The third kappa shape index (κ3) is 5.67. The van der Waals surface area contributed by atoms with Crippen molar-refractivity contribution in [3.8, 4) is 35.4 Å². The summed E-state index contributed by atoms with van der Waals surface area (Å²) in [6.45, 7) is 0. The number of hydrogen-bond acceptors (Lipinski definition) is 4. The van der Waals surface area contributed by atoms with Crippen LogP contribution in [0.25, 0.3) is 87.3 Å². The maximum Gasteiger partial charge on any atom is 0.0995 e. The van der Waals surface area contributed by atoms with Gasteiger partial charge in [0.25, 0.3) is 0 Å². The number of rotatable bonds is 1. The van der Waals surface area contributed by atoms with Crippen molar-refractivity contribution in [1.82, 2.24) is 8.80 Å². The molecule has 0 saturated carbocycles. The average Bonchev–Trinajstić information content (AvgIpc) is 1.45. The van der Waals surface area contributed by atoms with Crippen LogP contribution in [0, 0.1) is 45.3 Å². The number of aromatic nitrogens is 2. The summed E-state index contributed by atoms with van der Waals surface area (Å²) in [4.78, 5) is 0. The first-order chi connectivity index (χ1) is 50.5. The van der Waals surface area contributed by atoms with Crippen LogP contribution in [0.5, 0.6) is 0 Å². The molecule has 6 nitrogen and oxygen atoms in total. The van der Waals surface area contributed by atoms with Crippen molar-refractivity contribution in [3.63, 3.8) is 0 Å². The quantitative estimate of drug-likeness (QED) is 0.163. The van der Waals surface area contributed by atoms with Crippen molar-refractivity contribution in [3.05, 3.63) is 398 Å². The molecular formula is C96H48N6. The minimum absolute atomic E-state index is 0.145. The molecule has 0 unspecified atom stereocenters. The molecule has 0 radical (unpaired) electrons. The summed E-state index contributed by atoms with van der Waals surface area (Å²) in [6, 6.07) is 102. The van der Waals surface area contributed by atoms with E-state index in [1.807, 2.05) is 0 Å². The molecule has 4 aromatic heterocycles. The van der Waals surface area contributed by atoms with Crippen molar-refractivity contribution >= 4 is 76.2 Å². The van der Waals surface area contributed by atoms with Crippen LogP contribution in [0.3, 0.4) is 0 Å². The zero-order valence-electron chi connectivity index (χ0n) is 54.4. The smallest absolute Gasteiger partial charge is 0.0995 e. The van der Waals surface area contributed by atoms with E-state index in [1.165, 1.54) is 111 Å². The van der Waals surface area contributed by atoms with Gasteiger partial charge in [0.2, 0.25) is 0 Å². The Morgan fingerprint density at radius 1 is 0.206 bits per heavy atom. The van der Waals surface area contributed by atoms with Gasteiger partial charge in [0.05, 0.1) is 79.6 Å². The summed E-state index contributed by atoms with van der Waals surface area (Å²) in [5.74, 6) is -1.17. The summed E-state index contributed by atoms with van der Waals surface area (Å²) in [5, 5.41) is 56.3. The van der Waals surface area contributed by atoms with Gasteiger partial charge in [0, 0.05) is 90.4 Å². The van der Waals surface area contributed by atoms with Gasteiger partial charge in [0.15, 0.2) is 0 Å². The Hall–Kier alpha value is -13.4. The van der Waals surface area contributed by atoms with E-state index < -0.39 is 0 Å². The second-order valence-electron chi connectivity index (χ2n) is 30.0. The highest BCUT2D eigenvalue weighted by molar-refractivity contribution is 6.30. The minimum Gasteiger partial charge on any atom is -0.308 e. The Labute approximate surface area is 583 Å². The Morgan fingerprint density at radius 2 is 0.363 bits per heavy atom. The van der Waals surface area contributed by atoms with E-state index in [4.69, 9.17) is 0 Å². The van der Waals surface area contributed by atoms with Crippen LogP contribution in [-0.2, 0) is 0 Å². The van der Waals surface area contributed by atoms with Gasteiger partial charge in [-0.3, -0.25) is 0 Å². The van der Waals surface area contributed by atoms with Gasteiger partial charge in [-0.2, -0.15) is 21.0 Å². The largest absolute Gasteiger partial charge is 0.308 e. The second kappa shape index (κ2) is 17.7. The van der Waals surface area contributed by atoms with Gasteiger partial charge in [-0.05, 0) is 193 Å². The molecule has 0 N–H and O–H groups in total. The molecule has 14 aromatic carbocycles. The van der Waals surface area contributed by atoms with E-state index >= 15 is 0 Å². The third-order valence-electron chi connectivity index (χ3n) is 26.3. The van der Waals surface area contributed by atoms with Crippen LogP contribution in [0.15, 0.2) is 243 Å². The van der Waals surface area contributed by atoms with E-state index in [-0.39, 0.29) is 47.3 Å². The summed E-state index contributed by atoms with van der Waals surface area (Å²) in [6.07, 6.45) is 0. The third-order valence-corrected chi connectivity index (χ3v) is 26.3. The lowest BCUT2D eigenvalue weighted by Crippen LogP contribution is -2.28. The minimum atomic E-state index is -0.148. The van der Waals surface area contributed by atoms with Crippen LogP contribution in [0.2, 0.25) is 0 Å². The molecule has 0 atom stereocenters. The van der Waals surface area contributed by atoms with Crippen LogP contribution in [0.4, 0.5) is 0 Å². The molecule has 30 rings (SSSR count). The SMILES string of the molecule is N#Cc1cc2c(c3c1C1c4ccccc4C3c3ccccc31)c1cc(-c3cc4c5c6c(c(C#N)cc5n5c7cc(C#N)c8c(c7c(c3)c45)C3c4ccccc4C8c4ccccc43)C3c4ccccc4C6c4ccccc43)cc3c4c5c(c(C#N)cc4n2c13)C1c2ccccc2C5c2ccccc21. The summed E-state index contributed by atoms with van der Waals surface area (Å²) >= 11 is 0. The monoisotopic (exact) mass is 1280 g/mol. The maximum absolute atomic E-state index is 11.8. The van der Waals surface area contributed by atoms with Crippen molar-refractivity contribution < 1.29 is 0 Å². The van der Waals surface area contributed by atoms with Crippen LogP contribution in [-0.4, -0.2) is 8.80 Å². The Morgan fingerprint density at radius 3 is 0.520 bits per heavy atom. The molecule has 8 bridgehead atoms. The van der Waals surface area contributed by atoms with Crippen LogP contribution < -0.4 is 0 Å². The first kappa shape index (κ1) is 52.7. The molecule has 462 valence electrons. The van der Waals surface area contributed by atoms with Gasteiger partial charge < -0.3 is 8.80 Å². The highest BCUT2D eigenvalue weighted by atomic mass is 14.9. The highest BCUT2D eigenvalue weighted by Gasteiger charge is 2.50. The lowest BCUT2D eigenvalue weighted by molar-refractivity contribution is 0.758. The van der Waals surface area contributed by atoms with Crippen molar-refractivity contribution in [1.29, 1.82) is 21.0 Å². The summed E-state index contributed by atoms with van der Waals surface area (Å²) in [7, 11) is 0. The van der Waals surface area contributed by atoms with Gasteiger partial charge in [-0.1, -0.05) is 194 Å². The molecule has 0 aliphatic heterocycles.